The molecule has 0 saturated carbocycles. The fraction of sp³-hybridized carbons (Fsp3) is 0.364. The van der Waals surface area contributed by atoms with E-state index < -0.39 is 0 Å². The summed E-state index contributed by atoms with van der Waals surface area (Å²) in [5, 5.41) is 9.44. The Balaban J connectivity index is 2.71. The van der Waals surface area contributed by atoms with E-state index in [4.69, 9.17) is 5.26 Å². The van der Waals surface area contributed by atoms with Crippen LogP contribution in [0.2, 0.25) is 0 Å². The third-order valence-corrected chi connectivity index (χ3v) is 2.85. The molecule has 2 heteroatoms. The zero-order valence-electron chi connectivity index (χ0n) is 7.95. The van der Waals surface area contributed by atoms with Crippen molar-refractivity contribution in [2.45, 2.75) is 24.9 Å². The Hall–Kier alpha value is -0.940. The minimum atomic E-state index is 0.617. The summed E-state index contributed by atoms with van der Waals surface area (Å²) in [6, 6.07) is 9.99. The van der Waals surface area contributed by atoms with Gasteiger partial charge in [0.25, 0.3) is 0 Å². The maximum absolute atomic E-state index is 8.82. The molecule has 0 bridgehead atoms. The third-order valence-electron chi connectivity index (χ3n) is 1.71. The topological polar surface area (TPSA) is 23.8 Å². The van der Waals surface area contributed by atoms with Crippen LogP contribution in [0.15, 0.2) is 24.3 Å². The van der Waals surface area contributed by atoms with Crippen LogP contribution in [0.25, 0.3) is 0 Å². The Morgan fingerprint density at radius 1 is 1.38 bits per heavy atom. The zero-order valence-corrected chi connectivity index (χ0v) is 8.77. The first-order valence-corrected chi connectivity index (χ1v) is 5.38. The summed E-state index contributed by atoms with van der Waals surface area (Å²) in [5.41, 5.74) is 1.94. The van der Waals surface area contributed by atoms with Gasteiger partial charge in [0.15, 0.2) is 0 Å². The van der Waals surface area contributed by atoms with Crippen molar-refractivity contribution < 1.29 is 0 Å². The van der Waals surface area contributed by atoms with Gasteiger partial charge in [-0.05, 0) is 16.9 Å². The molecule has 0 N–H and O–H groups in total. The molecule has 0 aliphatic heterocycles. The molecule has 1 aromatic rings. The molecule has 0 aliphatic rings. The first-order valence-electron chi connectivity index (χ1n) is 4.33. The number of benzene rings is 1. The van der Waals surface area contributed by atoms with Gasteiger partial charge in [-0.15, -0.1) is 0 Å². The molecule has 0 aliphatic carbocycles. The SMILES string of the molecule is CC(C)SCc1ccccc1C#N. The van der Waals surface area contributed by atoms with Gasteiger partial charge in [-0.2, -0.15) is 17.0 Å². The van der Waals surface area contributed by atoms with E-state index in [0.717, 1.165) is 16.9 Å². The molecule has 1 rings (SSSR count). The molecule has 1 nitrogen and oxygen atoms in total. The van der Waals surface area contributed by atoms with E-state index in [1.165, 1.54) is 0 Å². The standard InChI is InChI=1S/C11H13NS/c1-9(2)13-8-11-6-4-3-5-10(11)7-12/h3-6,9H,8H2,1-2H3. The summed E-state index contributed by atoms with van der Waals surface area (Å²) >= 11 is 1.86. The normalized spacial score (nSPS) is 10.0. The highest BCUT2D eigenvalue weighted by atomic mass is 32.2. The second-order valence-electron chi connectivity index (χ2n) is 3.13. The minimum absolute atomic E-state index is 0.617. The van der Waals surface area contributed by atoms with Crippen LogP contribution in [-0.4, -0.2) is 5.25 Å². The fourth-order valence-electron chi connectivity index (χ4n) is 1.01. The number of thioether (sulfide) groups is 1. The Kier molecular flexibility index (Phi) is 3.85. The summed E-state index contributed by atoms with van der Waals surface area (Å²) in [6.07, 6.45) is 0. The smallest absolute Gasteiger partial charge is 0.0994 e. The molecule has 0 heterocycles. The van der Waals surface area contributed by atoms with E-state index in [0.29, 0.717) is 5.25 Å². The van der Waals surface area contributed by atoms with E-state index in [9.17, 15) is 0 Å². The molecule has 0 fully saturated rings. The van der Waals surface area contributed by atoms with Gasteiger partial charge in [-0.25, -0.2) is 0 Å². The first kappa shape index (κ1) is 10.1. The van der Waals surface area contributed by atoms with Crippen molar-refractivity contribution in [3.8, 4) is 6.07 Å². The van der Waals surface area contributed by atoms with Crippen molar-refractivity contribution in [1.82, 2.24) is 0 Å². The van der Waals surface area contributed by atoms with Crippen LogP contribution in [0, 0.1) is 11.3 Å². The van der Waals surface area contributed by atoms with Crippen molar-refractivity contribution in [3.63, 3.8) is 0 Å². The van der Waals surface area contributed by atoms with Crippen LogP contribution < -0.4 is 0 Å². The monoisotopic (exact) mass is 191 g/mol. The molecule has 0 unspecified atom stereocenters. The quantitative estimate of drug-likeness (QED) is 0.732. The lowest BCUT2D eigenvalue weighted by molar-refractivity contribution is 1.11. The largest absolute Gasteiger partial charge is 0.192 e. The Morgan fingerprint density at radius 2 is 2.08 bits per heavy atom. The van der Waals surface area contributed by atoms with Gasteiger partial charge >= 0.3 is 0 Å². The fourth-order valence-corrected chi connectivity index (χ4v) is 1.78. The van der Waals surface area contributed by atoms with E-state index in [-0.39, 0.29) is 0 Å². The van der Waals surface area contributed by atoms with Gasteiger partial charge in [0, 0.05) is 5.75 Å². The van der Waals surface area contributed by atoms with Crippen LogP contribution in [0.3, 0.4) is 0 Å². The molecule has 0 aromatic heterocycles. The molecular weight excluding hydrogens is 178 g/mol. The highest BCUT2D eigenvalue weighted by Crippen LogP contribution is 2.19. The summed E-state index contributed by atoms with van der Waals surface area (Å²) in [6.45, 7) is 4.33. The lowest BCUT2D eigenvalue weighted by Crippen LogP contribution is -1.91. The molecule has 0 atom stereocenters. The Bertz CT molecular complexity index is 312. The van der Waals surface area contributed by atoms with Gasteiger partial charge in [0.05, 0.1) is 11.6 Å². The number of nitriles is 1. The zero-order chi connectivity index (χ0) is 9.68. The van der Waals surface area contributed by atoms with E-state index in [2.05, 4.69) is 19.9 Å². The predicted molar refractivity (Wildman–Crippen MR) is 57.6 cm³/mol. The predicted octanol–water partition coefficient (Wildman–Crippen LogP) is 3.20. The first-order chi connectivity index (χ1) is 6.24. The van der Waals surface area contributed by atoms with E-state index >= 15 is 0 Å². The summed E-state index contributed by atoms with van der Waals surface area (Å²) in [7, 11) is 0. The lowest BCUT2D eigenvalue weighted by atomic mass is 10.1. The van der Waals surface area contributed by atoms with Gasteiger partial charge in [0.2, 0.25) is 0 Å². The maximum Gasteiger partial charge on any atom is 0.0994 e. The molecule has 0 amide bonds. The van der Waals surface area contributed by atoms with Gasteiger partial charge in [-0.3, -0.25) is 0 Å². The third kappa shape index (κ3) is 3.12. The highest BCUT2D eigenvalue weighted by Gasteiger charge is 2.01. The Labute approximate surface area is 83.8 Å². The van der Waals surface area contributed by atoms with E-state index in [1.807, 2.05) is 36.0 Å². The molecule has 68 valence electrons. The van der Waals surface area contributed by atoms with Crippen LogP contribution in [-0.2, 0) is 5.75 Å². The van der Waals surface area contributed by atoms with Crippen LogP contribution >= 0.6 is 11.8 Å². The van der Waals surface area contributed by atoms with Gasteiger partial charge in [-0.1, -0.05) is 32.0 Å². The second-order valence-corrected chi connectivity index (χ2v) is 4.69. The lowest BCUT2D eigenvalue weighted by Gasteiger charge is -2.05. The van der Waals surface area contributed by atoms with Crippen molar-refractivity contribution in [2.75, 3.05) is 0 Å². The number of rotatable bonds is 3. The van der Waals surface area contributed by atoms with Crippen molar-refractivity contribution in [2.24, 2.45) is 0 Å². The van der Waals surface area contributed by atoms with Crippen molar-refractivity contribution >= 4 is 11.8 Å². The molecule has 0 saturated heterocycles. The average molecular weight is 191 g/mol. The van der Waals surface area contributed by atoms with Crippen molar-refractivity contribution in [1.29, 1.82) is 5.26 Å². The molecule has 1 aromatic carbocycles. The molecule has 13 heavy (non-hydrogen) atoms. The molecule has 0 spiro atoms. The average Bonchev–Trinajstić information content (AvgIpc) is 2.15. The minimum Gasteiger partial charge on any atom is -0.192 e. The number of nitrogens with zero attached hydrogens (tertiary/aromatic N) is 1. The summed E-state index contributed by atoms with van der Waals surface area (Å²) in [4.78, 5) is 0. The highest BCUT2D eigenvalue weighted by molar-refractivity contribution is 7.99. The number of hydrogen-bond acceptors (Lipinski definition) is 2. The maximum atomic E-state index is 8.82. The van der Waals surface area contributed by atoms with E-state index in [1.54, 1.807) is 0 Å². The van der Waals surface area contributed by atoms with Gasteiger partial charge in [0.1, 0.15) is 0 Å². The number of hydrogen-bond donors (Lipinski definition) is 0. The van der Waals surface area contributed by atoms with Crippen LogP contribution in [0.4, 0.5) is 0 Å². The molecular formula is C11H13NS. The second kappa shape index (κ2) is 4.94. The Morgan fingerprint density at radius 3 is 2.69 bits per heavy atom. The summed E-state index contributed by atoms with van der Waals surface area (Å²) in [5.74, 6) is 0.932. The molecule has 0 radical (unpaired) electrons. The van der Waals surface area contributed by atoms with Crippen LogP contribution in [0.1, 0.15) is 25.0 Å². The van der Waals surface area contributed by atoms with Gasteiger partial charge < -0.3 is 0 Å². The summed E-state index contributed by atoms with van der Waals surface area (Å²) < 4.78 is 0. The van der Waals surface area contributed by atoms with Crippen LogP contribution in [0.5, 0.6) is 0 Å². The van der Waals surface area contributed by atoms with Crippen molar-refractivity contribution in [3.05, 3.63) is 35.4 Å².